The van der Waals surface area contributed by atoms with Crippen molar-refractivity contribution >= 4 is 0 Å². The molecule has 2 heteroatoms. The van der Waals surface area contributed by atoms with Crippen molar-refractivity contribution < 1.29 is 4.39 Å². The van der Waals surface area contributed by atoms with E-state index in [4.69, 9.17) is 5.73 Å². The van der Waals surface area contributed by atoms with Crippen LogP contribution in [0.2, 0.25) is 0 Å². The highest BCUT2D eigenvalue weighted by atomic mass is 19.1. The van der Waals surface area contributed by atoms with Gasteiger partial charge in [-0.25, -0.2) is 4.39 Å². The highest BCUT2D eigenvalue weighted by Gasteiger charge is 2.39. The number of hydrogen-bond acceptors (Lipinski definition) is 1. The highest BCUT2D eigenvalue weighted by Crippen LogP contribution is 2.44. The van der Waals surface area contributed by atoms with E-state index in [-0.39, 0.29) is 5.41 Å². The molecule has 17 heavy (non-hydrogen) atoms. The molecule has 1 aliphatic rings. The van der Waals surface area contributed by atoms with Crippen LogP contribution >= 0.6 is 0 Å². The molecule has 1 aliphatic carbocycles. The van der Waals surface area contributed by atoms with Crippen LogP contribution < -0.4 is 5.73 Å². The molecule has 0 aromatic heterocycles. The number of rotatable bonds is 4. The first-order valence-electron chi connectivity index (χ1n) is 6.44. The van der Waals surface area contributed by atoms with E-state index >= 15 is 0 Å². The molecular weight excluding hydrogens is 213 g/mol. The summed E-state index contributed by atoms with van der Waals surface area (Å²) >= 11 is 0. The van der Waals surface area contributed by atoms with Gasteiger partial charge in [-0.15, -0.1) is 0 Å². The normalized spacial score (nSPS) is 18.8. The fraction of sp³-hybridized carbons (Fsp3) is 0.600. The molecule has 0 atom stereocenters. The summed E-state index contributed by atoms with van der Waals surface area (Å²) in [5.74, 6) is 0. The van der Waals surface area contributed by atoms with Gasteiger partial charge in [-0.1, -0.05) is 30.7 Å². The molecule has 1 fully saturated rings. The zero-order valence-corrected chi connectivity index (χ0v) is 10.8. The van der Waals surface area contributed by atoms with Crippen molar-refractivity contribution in [2.75, 3.05) is 6.54 Å². The van der Waals surface area contributed by atoms with Crippen molar-refractivity contribution in [3.63, 3.8) is 0 Å². The minimum Gasteiger partial charge on any atom is -0.330 e. The molecule has 0 bridgehead atoms. The lowest BCUT2D eigenvalue weighted by molar-refractivity contribution is 0.210. The molecular formula is C15H22FN. The molecule has 0 spiro atoms. The van der Waals surface area contributed by atoms with Crippen LogP contribution in [0, 0.1) is 0 Å². The summed E-state index contributed by atoms with van der Waals surface area (Å²) in [5, 5.41) is 0. The third-order valence-corrected chi connectivity index (χ3v) is 3.90. The van der Waals surface area contributed by atoms with Crippen LogP contribution in [-0.2, 0) is 11.8 Å². The summed E-state index contributed by atoms with van der Waals surface area (Å²) in [6, 6.07) is 8.22. The van der Waals surface area contributed by atoms with E-state index in [1.165, 1.54) is 12.0 Å². The van der Waals surface area contributed by atoms with Crippen LogP contribution in [0.25, 0.3) is 0 Å². The average Bonchev–Trinajstić information content (AvgIpc) is 2.17. The Morgan fingerprint density at radius 1 is 1.29 bits per heavy atom. The molecule has 0 aliphatic heterocycles. The van der Waals surface area contributed by atoms with Gasteiger partial charge < -0.3 is 5.73 Å². The van der Waals surface area contributed by atoms with Crippen LogP contribution in [0.1, 0.15) is 44.2 Å². The quantitative estimate of drug-likeness (QED) is 0.851. The Kier molecular flexibility index (Phi) is 3.26. The van der Waals surface area contributed by atoms with Crippen LogP contribution in [0.15, 0.2) is 24.3 Å². The maximum Gasteiger partial charge on any atom is 0.109 e. The van der Waals surface area contributed by atoms with Gasteiger partial charge in [0.1, 0.15) is 5.67 Å². The van der Waals surface area contributed by atoms with Crippen molar-refractivity contribution in [3.05, 3.63) is 35.4 Å². The average molecular weight is 235 g/mol. The van der Waals surface area contributed by atoms with E-state index in [1.54, 1.807) is 13.8 Å². The molecule has 2 N–H and O–H groups in total. The molecule has 0 radical (unpaired) electrons. The molecule has 1 aromatic rings. The summed E-state index contributed by atoms with van der Waals surface area (Å²) in [6.45, 7) is 3.95. The van der Waals surface area contributed by atoms with E-state index < -0.39 is 5.67 Å². The maximum absolute atomic E-state index is 13.8. The molecule has 1 saturated carbocycles. The SMILES string of the molecule is CC(C)(F)Cc1ccccc1C1(CN)CCC1. The minimum atomic E-state index is -1.16. The number of halogens is 1. The fourth-order valence-corrected chi connectivity index (χ4v) is 2.83. The van der Waals surface area contributed by atoms with E-state index in [0.29, 0.717) is 13.0 Å². The van der Waals surface area contributed by atoms with Gasteiger partial charge in [0.25, 0.3) is 0 Å². The second-order valence-corrected chi connectivity index (χ2v) is 5.89. The van der Waals surface area contributed by atoms with Gasteiger partial charge in [0.05, 0.1) is 0 Å². The van der Waals surface area contributed by atoms with Gasteiger partial charge in [-0.3, -0.25) is 0 Å². The number of nitrogens with two attached hydrogens (primary N) is 1. The molecule has 0 unspecified atom stereocenters. The van der Waals surface area contributed by atoms with Crippen LogP contribution in [-0.4, -0.2) is 12.2 Å². The minimum absolute atomic E-state index is 0.127. The third kappa shape index (κ3) is 2.52. The van der Waals surface area contributed by atoms with Crippen molar-refractivity contribution in [2.24, 2.45) is 5.73 Å². The zero-order valence-electron chi connectivity index (χ0n) is 10.8. The summed E-state index contributed by atoms with van der Waals surface area (Å²) in [5.41, 5.74) is 7.32. The molecule has 0 amide bonds. The lowest BCUT2D eigenvalue weighted by atomic mass is 9.63. The summed E-state index contributed by atoms with van der Waals surface area (Å²) in [4.78, 5) is 0. The molecule has 94 valence electrons. The number of alkyl halides is 1. The topological polar surface area (TPSA) is 26.0 Å². The highest BCUT2D eigenvalue weighted by molar-refractivity contribution is 5.37. The molecule has 2 rings (SSSR count). The van der Waals surface area contributed by atoms with Gasteiger partial charge in [-0.2, -0.15) is 0 Å². The van der Waals surface area contributed by atoms with Crippen LogP contribution in [0.4, 0.5) is 4.39 Å². The van der Waals surface area contributed by atoms with E-state index in [2.05, 4.69) is 6.07 Å². The summed E-state index contributed by atoms with van der Waals surface area (Å²) in [7, 11) is 0. The second-order valence-electron chi connectivity index (χ2n) is 5.89. The van der Waals surface area contributed by atoms with Gasteiger partial charge in [0.15, 0.2) is 0 Å². The Morgan fingerprint density at radius 2 is 1.94 bits per heavy atom. The third-order valence-electron chi connectivity index (χ3n) is 3.90. The second kappa shape index (κ2) is 4.41. The summed E-state index contributed by atoms with van der Waals surface area (Å²) < 4.78 is 13.8. The number of hydrogen-bond donors (Lipinski definition) is 1. The largest absolute Gasteiger partial charge is 0.330 e. The first kappa shape index (κ1) is 12.6. The molecule has 0 heterocycles. The van der Waals surface area contributed by atoms with Crippen molar-refractivity contribution in [2.45, 2.75) is 50.6 Å². The van der Waals surface area contributed by atoms with Gasteiger partial charge in [0.2, 0.25) is 0 Å². The van der Waals surface area contributed by atoms with E-state index in [9.17, 15) is 4.39 Å². The fourth-order valence-electron chi connectivity index (χ4n) is 2.83. The smallest absolute Gasteiger partial charge is 0.109 e. The van der Waals surface area contributed by atoms with Gasteiger partial charge in [-0.05, 0) is 37.8 Å². The maximum atomic E-state index is 13.8. The first-order valence-corrected chi connectivity index (χ1v) is 6.44. The lowest BCUT2D eigenvalue weighted by Crippen LogP contribution is -2.42. The van der Waals surface area contributed by atoms with Gasteiger partial charge in [0, 0.05) is 18.4 Å². The lowest BCUT2D eigenvalue weighted by Gasteiger charge is -2.43. The molecule has 1 nitrogen and oxygen atoms in total. The number of benzene rings is 1. The Morgan fingerprint density at radius 3 is 2.41 bits per heavy atom. The van der Waals surface area contributed by atoms with Crippen molar-refractivity contribution in [3.8, 4) is 0 Å². The summed E-state index contributed by atoms with van der Waals surface area (Å²) in [6.07, 6.45) is 4.01. The van der Waals surface area contributed by atoms with Gasteiger partial charge >= 0.3 is 0 Å². The standard InChI is InChI=1S/C15H22FN/c1-14(2,16)10-12-6-3-4-7-13(12)15(11-17)8-5-9-15/h3-4,6-7H,5,8-11,17H2,1-2H3. The molecule has 0 saturated heterocycles. The van der Waals surface area contributed by atoms with Crippen molar-refractivity contribution in [1.82, 2.24) is 0 Å². The van der Waals surface area contributed by atoms with Crippen LogP contribution in [0.3, 0.4) is 0 Å². The molecule has 1 aromatic carbocycles. The predicted octanol–water partition coefficient (Wildman–Crippen LogP) is 3.36. The monoisotopic (exact) mass is 235 g/mol. The Labute approximate surface area is 103 Å². The Balaban J connectivity index is 2.34. The van der Waals surface area contributed by atoms with Crippen molar-refractivity contribution in [1.29, 1.82) is 0 Å². The van der Waals surface area contributed by atoms with E-state index in [1.807, 2.05) is 18.2 Å². The Bertz CT molecular complexity index is 383. The van der Waals surface area contributed by atoms with E-state index in [0.717, 1.165) is 18.4 Å². The van der Waals surface area contributed by atoms with Crippen LogP contribution in [0.5, 0.6) is 0 Å². The predicted molar refractivity (Wildman–Crippen MR) is 69.9 cm³/mol. The first-order chi connectivity index (χ1) is 7.97. The zero-order chi connectivity index (χ0) is 12.5. The Hall–Kier alpha value is -0.890.